The van der Waals surface area contributed by atoms with Gasteiger partial charge >= 0.3 is 0 Å². The quantitative estimate of drug-likeness (QED) is 0.423. The van der Waals surface area contributed by atoms with Gasteiger partial charge in [-0.15, -0.1) is 5.10 Å². The van der Waals surface area contributed by atoms with E-state index in [-0.39, 0.29) is 17.1 Å². The van der Waals surface area contributed by atoms with Crippen LogP contribution in [0.2, 0.25) is 0 Å². The number of nitrogens with one attached hydrogen (secondary N) is 1. The predicted octanol–water partition coefficient (Wildman–Crippen LogP) is 3.23. The number of aromatic hydroxyl groups is 1. The third-order valence-corrected chi connectivity index (χ3v) is 4.22. The number of nitro benzene ring substituents is 1. The number of phenols is 1. The maximum absolute atomic E-state index is 12.1. The summed E-state index contributed by atoms with van der Waals surface area (Å²) in [5.41, 5.74) is 1.05. The second kappa shape index (κ2) is 6.34. The van der Waals surface area contributed by atoms with Crippen molar-refractivity contribution in [3.63, 3.8) is 0 Å². The molecule has 132 valence electrons. The molecule has 0 atom stereocenters. The molecule has 0 unspecified atom stereocenters. The summed E-state index contributed by atoms with van der Waals surface area (Å²) in [6.07, 6.45) is 1.35. The first-order valence-corrected chi connectivity index (χ1v) is 7.96. The van der Waals surface area contributed by atoms with Crippen LogP contribution in [0.25, 0.3) is 10.8 Å². The van der Waals surface area contributed by atoms with Crippen molar-refractivity contribution >= 4 is 40.0 Å². The number of fused-ring (bicyclic) bond motifs is 2. The molecule has 3 aromatic rings. The molecule has 3 aromatic carbocycles. The van der Waals surface area contributed by atoms with E-state index in [9.17, 15) is 20.0 Å². The van der Waals surface area contributed by atoms with Gasteiger partial charge < -0.3 is 10.4 Å². The fourth-order valence-electron chi connectivity index (χ4n) is 2.92. The zero-order chi connectivity index (χ0) is 19.0. The molecular weight excluding hydrogens is 348 g/mol. The maximum Gasteiger partial charge on any atom is 0.276 e. The van der Waals surface area contributed by atoms with Gasteiger partial charge in [0.1, 0.15) is 5.75 Å². The minimum absolute atomic E-state index is 0.0234. The Morgan fingerprint density at radius 1 is 1.11 bits per heavy atom. The van der Waals surface area contributed by atoms with E-state index in [2.05, 4.69) is 15.5 Å². The van der Waals surface area contributed by atoms with E-state index in [1.807, 2.05) is 24.3 Å². The lowest BCUT2D eigenvalue weighted by molar-refractivity contribution is -0.384. The molecule has 27 heavy (non-hydrogen) atoms. The number of carbonyl (C=O) groups excluding carboxylic acids is 1. The molecular formula is C19H12N4O4. The van der Waals surface area contributed by atoms with E-state index in [0.717, 1.165) is 10.8 Å². The number of carbonyl (C=O) groups is 1. The van der Waals surface area contributed by atoms with Crippen LogP contribution in [0, 0.1) is 10.1 Å². The van der Waals surface area contributed by atoms with Crippen LogP contribution in [-0.4, -0.2) is 27.9 Å². The van der Waals surface area contributed by atoms with Crippen molar-refractivity contribution in [2.24, 2.45) is 10.2 Å². The molecule has 1 amide bonds. The molecule has 0 aromatic heterocycles. The molecule has 8 heteroatoms. The maximum atomic E-state index is 12.1. The lowest BCUT2D eigenvalue weighted by Crippen LogP contribution is -2.13. The molecule has 1 aliphatic rings. The first-order chi connectivity index (χ1) is 13.0. The minimum atomic E-state index is -0.544. The van der Waals surface area contributed by atoms with Gasteiger partial charge in [-0.05, 0) is 22.9 Å². The van der Waals surface area contributed by atoms with Gasteiger partial charge in [0.2, 0.25) is 0 Å². The number of anilines is 1. The minimum Gasteiger partial charge on any atom is -0.507 e. The summed E-state index contributed by atoms with van der Waals surface area (Å²) in [6, 6.07) is 14.8. The summed E-state index contributed by atoms with van der Waals surface area (Å²) >= 11 is 0. The second-order valence-electron chi connectivity index (χ2n) is 5.85. The number of phenolic OH excluding ortho intramolecular Hbond substituents is 1. The Morgan fingerprint density at radius 2 is 1.93 bits per heavy atom. The van der Waals surface area contributed by atoms with Gasteiger partial charge in [0.15, 0.2) is 5.71 Å². The highest BCUT2D eigenvalue weighted by atomic mass is 16.6. The van der Waals surface area contributed by atoms with Gasteiger partial charge in [0.25, 0.3) is 11.6 Å². The van der Waals surface area contributed by atoms with Crippen LogP contribution in [0.15, 0.2) is 64.8 Å². The van der Waals surface area contributed by atoms with E-state index in [1.165, 1.54) is 24.4 Å². The molecule has 0 bridgehead atoms. The number of hydrogen-bond acceptors (Lipinski definition) is 6. The zero-order valence-corrected chi connectivity index (χ0v) is 13.8. The average molecular weight is 360 g/mol. The van der Waals surface area contributed by atoms with Gasteiger partial charge in [0, 0.05) is 23.3 Å². The molecule has 4 rings (SSSR count). The highest BCUT2D eigenvalue weighted by Gasteiger charge is 2.28. The van der Waals surface area contributed by atoms with Gasteiger partial charge in [0.05, 0.1) is 16.8 Å². The number of hydrogen-bond donors (Lipinski definition) is 2. The van der Waals surface area contributed by atoms with Gasteiger partial charge in [-0.1, -0.05) is 30.3 Å². The molecule has 1 heterocycles. The summed E-state index contributed by atoms with van der Waals surface area (Å²) in [5, 5.41) is 33.2. The Morgan fingerprint density at radius 3 is 2.74 bits per heavy atom. The summed E-state index contributed by atoms with van der Waals surface area (Å²) < 4.78 is 0. The topological polar surface area (TPSA) is 117 Å². The molecule has 1 aliphatic heterocycles. The van der Waals surface area contributed by atoms with Crippen LogP contribution in [-0.2, 0) is 4.79 Å². The molecule has 0 fully saturated rings. The van der Waals surface area contributed by atoms with Crippen molar-refractivity contribution in [2.45, 2.75) is 0 Å². The van der Waals surface area contributed by atoms with E-state index >= 15 is 0 Å². The van der Waals surface area contributed by atoms with Crippen LogP contribution in [0.3, 0.4) is 0 Å². The van der Waals surface area contributed by atoms with E-state index in [4.69, 9.17) is 0 Å². The SMILES string of the molecule is O=C1Nc2ccc([N+](=O)[O-])cc2/C1=N/N=C/c1c(O)ccc2ccccc12. The van der Waals surface area contributed by atoms with Crippen molar-refractivity contribution < 1.29 is 14.8 Å². The highest BCUT2D eigenvalue weighted by molar-refractivity contribution is 6.53. The number of nitrogens with zero attached hydrogens (tertiary/aromatic N) is 3. The summed E-state index contributed by atoms with van der Waals surface area (Å²) in [5.74, 6) is -0.464. The van der Waals surface area contributed by atoms with Crippen molar-refractivity contribution in [3.05, 3.63) is 75.8 Å². The number of non-ortho nitro benzene ring substituents is 1. The van der Waals surface area contributed by atoms with Gasteiger partial charge in [-0.25, -0.2) is 0 Å². The summed E-state index contributed by atoms with van der Waals surface area (Å²) in [7, 11) is 0. The number of benzene rings is 3. The van der Waals surface area contributed by atoms with Crippen LogP contribution >= 0.6 is 0 Å². The van der Waals surface area contributed by atoms with Crippen molar-refractivity contribution in [1.82, 2.24) is 0 Å². The Labute approximate surface area is 152 Å². The molecule has 0 aliphatic carbocycles. The lowest BCUT2D eigenvalue weighted by atomic mass is 10.0. The fourth-order valence-corrected chi connectivity index (χ4v) is 2.92. The summed E-state index contributed by atoms with van der Waals surface area (Å²) in [4.78, 5) is 22.5. The Balaban J connectivity index is 1.75. The van der Waals surface area contributed by atoms with Gasteiger partial charge in [-0.3, -0.25) is 14.9 Å². The second-order valence-corrected chi connectivity index (χ2v) is 5.85. The molecule has 0 saturated carbocycles. The molecule has 0 spiro atoms. The number of amides is 1. The van der Waals surface area contributed by atoms with Crippen LogP contribution in [0.5, 0.6) is 5.75 Å². The van der Waals surface area contributed by atoms with E-state index in [1.54, 1.807) is 12.1 Å². The monoisotopic (exact) mass is 360 g/mol. The largest absolute Gasteiger partial charge is 0.507 e. The highest BCUT2D eigenvalue weighted by Crippen LogP contribution is 2.28. The Kier molecular flexibility index (Phi) is 3.85. The van der Waals surface area contributed by atoms with Crippen LogP contribution < -0.4 is 5.32 Å². The van der Waals surface area contributed by atoms with Crippen molar-refractivity contribution in [3.8, 4) is 5.75 Å². The smallest absolute Gasteiger partial charge is 0.276 e. The fraction of sp³-hybridized carbons (Fsp3) is 0. The number of nitro groups is 1. The molecule has 0 saturated heterocycles. The zero-order valence-electron chi connectivity index (χ0n) is 13.8. The number of rotatable bonds is 3. The summed E-state index contributed by atoms with van der Waals surface area (Å²) in [6.45, 7) is 0. The Bertz CT molecular complexity index is 1170. The van der Waals surface area contributed by atoms with E-state index in [0.29, 0.717) is 16.8 Å². The first-order valence-electron chi connectivity index (χ1n) is 7.96. The predicted molar refractivity (Wildman–Crippen MR) is 101 cm³/mol. The third-order valence-electron chi connectivity index (χ3n) is 4.22. The third kappa shape index (κ3) is 2.89. The van der Waals surface area contributed by atoms with Crippen LogP contribution in [0.1, 0.15) is 11.1 Å². The van der Waals surface area contributed by atoms with E-state index < -0.39 is 10.8 Å². The molecule has 2 N–H and O–H groups in total. The normalized spacial score (nSPS) is 14.7. The van der Waals surface area contributed by atoms with Crippen molar-refractivity contribution in [2.75, 3.05) is 5.32 Å². The standard InChI is InChI=1S/C19H12N4O4/c24-17-8-5-11-3-1-2-4-13(11)15(17)10-20-22-18-14-9-12(23(26)27)6-7-16(14)21-19(18)25/h1-10,24H,(H,21,22,25)/b20-10+. The van der Waals surface area contributed by atoms with Crippen LogP contribution in [0.4, 0.5) is 11.4 Å². The lowest BCUT2D eigenvalue weighted by Gasteiger charge is -2.03. The molecule has 8 nitrogen and oxygen atoms in total. The molecule has 0 radical (unpaired) electrons. The van der Waals surface area contributed by atoms with Gasteiger partial charge in [-0.2, -0.15) is 5.10 Å². The van der Waals surface area contributed by atoms with Crippen molar-refractivity contribution in [1.29, 1.82) is 0 Å². The average Bonchev–Trinajstić information content (AvgIpc) is 2.98. The Hall–Kier alpha value is -4.07. The first kappa shape index (κ1) is 16.4.